The number of nitrogens with zero attached hydrogens (tertiary/aromatic N) is 2. The molecule has 1 fully saturated rings. The van der Waals surface area contributed by atoms with E-state index in [-0.39, 0.29) is 17.2 Å². The van der Waals surface area contributed by atoms with E-state index in [1.54, 1.807) is 12.1 Å². The first-order chi connectivity index (χ1) is 14.0. The van der Waals surface area contributed by atoms with Crippen LogP contribution in [0.1, 0.15) is 48.4 Å². The van der Waals surface area contributed by atoms with Crippen molar-refractivity contribution >= 4 is 29.0 Å². The standard InChI is InChI=1S/C23H22ClFN2OS/c1-23-12-14-13-26-27(17-7-5-16(25)6-8-17)19(14)11-15(23)3-2-4-18(23)22(28)20-9-10-21(24)29-20/h5-11,13,18,22,28H,2-4,12H2,1H3/t18-,22-,23+/m1/s1. The molecule has 2 aliphatic carbocycles. The lowest BCUT2D eigenvalue weighted by atomic mass is 9.58. The van der Waals surface area contributed by atoms with Crippen LogP contribution in [0.4, 0.5) is 4.39 Å². The molecule has 0 saturated heterocycles. The van der Waals surface area contributed by atoms with Crippen LogP contribution >= 0.6 is 22.9 Å². The minimum atomic E-state index is -0.519. The third kappa shape index (κ3) is 3.16. The molecule has 150 valence electrons. The van der Waals surface area contributed by atoms with Gasteiger partial charge >= 0.3 is 0 Å². The molecule has 2 aliphatic rings. The molecule has 3 nitrogen and oxygen atoms in total. The van der Waals surface area contributed by atoms with Gasteiger partial charge in [-0.05, 0) is 85.1 Å². The van der Waals surface area contributed by atoms with Crippen molar-refractivity contribution in [1.82, 2.24) is 9.78 Å². The fraction of sp³-hybridized carbons (Fsp3) is 0.348. The summed E-state index contributed by atoms with van der Waals surface area (Å²) in [5.74, 6) is -0.113. The molecule has 3 atom stereocenters. The van der Waals surface area contributed by atoms with Gasteiger partial charge in [0, 0.05) is 4.88 Å². The number of aromatic nitrogens is 2. The average molecular weight is 429 g/mol. The minimum absolute atomic E-state index is 0.113. The van der Waals surface area contributed by atoms with Gasteiger partial charge in [-0.2, -0.15) is 5.10 Å². The molecular weight excluding hydrogens is 407 g/mol. The van der Waals surface area contributed by atoms with Gasteiger partial charge in [-0.1, -0.05) is 24.1 Å². The van der Waals surface area contributed by atoms with Crippen LogP contribution < -0.4 is 0 Å². The van der Waals surface area contributed by atoms with E-state index < -0.39 is 6.10 Å². The molecule has 0 aliphatic heterocycles. The predicted molar refractivity (Wildman–Crippen MR) is 115 cm³/mol. The summed E-state index contributed by atoms with van der Waals surface area (Å²) in [4.78, 5) is 0.940. The van der Waals surface area contributed by atoms with Crippen LogP contribution in [-0.2, 0) is 6.42 Å². The van der Waals surface area contributed by atoms with E-state index in [9.17, 15) is 9.50 Å². The van der Waals surface area contributed by atoms with Crippen LogP contribution in [-0.4, -0.2) is 14.9 Å². The highest BCUT2D eigenvalue weighted by Gasteiger charge is 2.46. The van der Waals surface area contributed by atoms with Gasteiger partial charge < -0.3 is 5.11 Å². The van der Waals surface area contributed by atoms with Crippen molar-refractivity contribution < 1.29 is 9.50 Å². The molecule has 0 amide bonds. The third-order valence-corrected chi connectivity index (χ3v) is 7.91. The average Bonchev–Trinajstić information content (AvgIpc) is 3.31. The summed E-state index contributed by atoms with van der Waals surface area (Å²) < 4.78 is 15.9. The van der Waals surface area contributed by atoms with Crippen LogP contribution in [0.5, 0.6) is 0 Å². The van der Waals surface area contributed by atoms with E-state index >= 15 is 0 Å². The Balaban J connectivity index is 1.52. The molecule has 1 N–H and O–H groups in total. The monoisotopic (exact) mass is 428 g/mol. The number of rotatable bonds is 3. The van der Waals surface area contributed by atoms with E-state index in [4.69, 9.17) is 11.6 Å². The summed E-state index contributed by atoms with van der Waals surface area (Å²) in [6, 6.07) is 10.2. The van der Waals surface area contributed by atoms with Crippen LogP contribution in [0.15, 0.2) is 48.2 Å². The molecule has 0 bridgehead atoms. The van der Waals surface area contributed by atoms with E-state index in [1.807, 2.05) is 23.0 Å². The van der Waals surface area contributed by atoms with E-state index in [1.165, 1.54) is 34.6 Å². The predicted octanol–water partition coefficient (Wildman–Crippen LogP) is 6.21. The third-order valence-electron chi connectivity index (χ3n) is 6.61. The topological polar surface area (TPSA) is 38.0 Å². The number of hydrogen-bond donors (Lipinski definition) is 1. The molecule has 6 heteroatoms. The van der Waals surface area contributed by atoms with Crippen molar-refractivity contribution in [3.63, 3.8) is 0 Å². The molecule has 29 heavy (non-hydrogen) atoms. The first kappa shape index (κ1) is 19.0. The van der Waals surface area contributed by atoms with Gasteiger partial charge in [0.25, 0.3) is 0 Å². The van der Waals surface area contributed by atoms with Gasteiger partial charge in [0.05, 0.1) is 28.0 Å². The Kier molecular flexibility index (Phi) is 4.65. The minimum Gasteiger partial charge on any atom is -0.387 e. The molecule has 5 rings (SSSR count). The Labute approximate surface area is 178 Å². The van der Waals surface area contributed by atoms with Gasteiger partial charge in [-0.25, -0.2) is 9.07 Å². The Morgan fingerprint density at radius 1 is 1.28 bits per heavy atom. The van der Waals surface area contributed by atoms with Crippen molar-refractivity contribution in [2.45, 2.75) is 38.7 Å². The zero-order valence-electron chi connectivity index (χ0n) is 16.1. The molecule has 1 aromatic carbocycles. The number of allylic oxidation sites excluding steroid dienone is 1. The quantitative estimate of drug-likeness (QED) is 0.538. The second-order valence-corrected chi connectivity index (χ2v) is 10.0. The fourth-order valence-corrected chi connectivity index (χ4v) is 6.17. The lowest BCUT2D eigenvalue weighted by molar-refractivity contribution is 0.0240. The van der Waals surface area contributed by atoms with Crippen LogP contribution in [0.2, 0.25) is 4.34 Å². The highest BCUT2D eigenvalue weighted by molar-refractivity contribution is 7.16. The van der Waals surface area contributed by atoms with Crippen LogP contribution in [0, 0.1) is 17.2 Å². The number of aliphatic hydroxyl groups is 1. The SMILES string of the molecule is C[C@]12Cc3cnn(-c4ccc(F)cc4)c3C=C1CCC[C@@H]2[C@@H](O)c1ccc(Cl)s1. The van der Waals surface area contributed by atoms with Gasteiger partial charge in [-0.15, -0.1) is 11.3 Å². The Hall–Kier alpha value is -1.95. The molecule has 0 spiro atoms. The first-order valence-electron chi connectivity index (χ1n) is 9.93. The number of benzene rings is 1. The summed E-state index contributed by atoms with van der Waals surface area (Å²) in [5, 5.41) is 15.8. The first-order valence-corrected chi connectivity index (χ1v) is 11.1. The highest BCUT2D eigenvalue weighted by Crippen LogP contribution is 2.55. The zero-order valence-corrected chi connectivity index (χ0v) is 17.7. The van der Waals surface area contributed by atoms with E-state index in [0.29, 0.717) is 4.34 Å². The Morgan fingerprint density at radius 2 is 2.07 bits per heavy atom. The van der Waals surface area contributed by atoms with Crippen LogP contribution in [0.3, 0.4) is 0 Å². The fourth-order valence-electron chi connectivity index (χ4n) is 5.06. The van der Waals surface area contributed by atoms with E-state index in [0.717, 1.165) is 41.9 Å². The van der Waals surface area contributed by atoms with Crippen molar-refractivity contribution in [2.24, 2.45) is 11.3 Å². The number of fused-ring (bicyclic) bond motifs is 2. The number of aliphatic hydroxyl groups excluding tert-OH is 1. The highest BCUT2D eigenvalue weighted by atomic mass is 35.5. The molecular formula is C23H22ClFN2OS. The number of thiophene rings is 1. The van der Waals surface area contributed by atoms with Gasteiger partial charge in [0.1, 0.15) is 5.82 Å². The van der Waals surface area contributed by atoms with Crippen molar-refractivity contribution in [2.75, 3.05) is 0 Å². The molecule has 3 aromatic rings. The number of hydrogen-bond acceptors (Lipinski definition) is 3. The maximum absolute atomic E-state index is 13.3. The molecule has 2 heterocycles. The summed E-state index contributed by atoms with van der Waals surface area (Å²) in [5.41, 5.74) is 4.35. The normalized spacial score (nSPS) is 24.6. The summed E-state index contributed by atoms with van der Waals surface area (Å²) in [6.07, 6.45) is 7.56. The lowest BCUT2D eigenvalue weighted by Gasteiger charge is -2.47. The zero-order chi connectivity index (χ0) is 20.2. The van der Waals surface area contributed by atoms with E-state index in [2.05, 4.69) is 18.1 Å². The second kappa shape index (κ2) is 7.08. The summed E-state index contributed by atoms with van der Waals surface area (Å²) >= 11 is 7.58. The second-order valence-electron chi connectivity index (χ2n) is 8.29. The van der Waals surface area contributed by atoms with Crippen molar-refractivity contribution in [1.29, 1.82) is 0 Å². The smallest absolute Gasteiger partial charge is 0.123 e. The van der Waals surface area contributed by atoms with Crippen LogP contribution in [0.25, 0.3) is 11.8 Å². The number of halogens is 2. The Bertz CT molecular complexity index is 1090. The molecule has 1 saturated carbocycles. The van der Waals surface area contributed by atoms with Gasteiger partial charge in [0.2, 0.25) is 0 Å². The van der Waals surface area contributed by atoms with Crippen molar-refractivity contribution in [3.05, 3.63) is 74.5 Å². The largest absolute Gasteiger partial charge is 0.387 e. The molecule has 0 radical (unpaired) electrons. The summed E-state index contributed by atoms with van der Waals surface area (Å²) in [7, 11) is 0. The van der Waals surface area contributed by atoms with Gasteiger partial charge in [0.15, 0.2) is 0 Å². The molecule has 0 unspecified atom stereocenters. The van der Waals surface area contributed by atoms with Crippen molar-refractivity contribution in [3.8, 4) is 5.69 Å². The van der Waals surface area contributed by atoms with Gasteiger partial charge in [-0.3, -0.25) is 0 Å². The summed E-state index contributed by atoms with van der Waals surface area (Å²) in [6.45, 7) is 2.28. The Morgan fingerprint density at radius 3 is 2.79 bits per heavy atom. The molecule has 2 aromatic heterocycles. The maximum Gasteiger partial charge on any atom is 0.123 e. The lowest BCUT2D eigenvalue weighted by Crippen LogP contribution is -2.40. The maximum atomic E-state index is 13.3.